The van der Waals surface area contributed by atoms with Gasteiger partial charge >= 0.3 is 0 Å². The predicted molar refractivity (Wildman–Crippen MR) is 93.3 cm³/mol. The Kier molecular flexibility index (Phi) is 5.06. The summed E-state index contributed by atoms with van der Waals surface area (Å²) in [6.07, 6.45) is 9.45. The van der Waals surface area contributed by atoms with Crippen LogP contribution in [0.4, 0.5) is 5.82 Å². The fourth-order valence-corrected chi connectivity index (χ4v) is 3.59. The zero-order valence-corrected chi connectivity index (χ0v) is 13.5. The van der Waals surface area contributed by atoms with Crippen molar-refractivity contribution in [3.05, 3.63) is 60.3 Å². The first kappa shape index (κ1) is 15.7. The minimum absolute atomic E-state index is 0.0873. The molecule has 0 spiro atoms. The van der Waals surface area contributed by atoms with Crippen molar-refractivity contribution >= 4 is 11.7 Å². The summed E-state index contributed by atoms with van der Waals surface area (Å²) in [7, 11) is 0. The largest absolute Gasteiger partial charge is 0.310 e. The third kappa shape index (κ3) is 3.61. The highest BCUT2D eigenvalue weighted by Crippen LogP contribution is 2.38. The number of aromatic nitrogens is 1. The van der Waals surface area contributed by atoms with Crippen molar-refractivity contribution in [1.82, 2.24) is 4.98 Å². The van der Waals surface area contributed by atoms with Crippen molar-refractivity contribution in [3.63, 3.8) is 0 Å². The van der Waals surface area contributed by atoms with Crippen LogP contribution in [0.1, 0.15) is 50.5 Å². The summed E-state index contributed by atoms with van der Waals surface area (Å²) in [5.74, 6) is 0.721. The fraction of sp³-hybridized carbons (Fsp3) is 0.400. The van der Waals surface area contributed by atoms with E-state index >= 15 is 0 Å². The molecule has 1 heterocycles. The smallest absolute Gasteiger partial charge is 0.236 e. The van der Waals surface area contributed by atoms with E-state index in [-0.39, 0.29) is 5.91 Å². The van der Waals surface area contributed by atoms with Gasteiger partial charge in [-0.25, -0.2) is 4.98 Å². The summed E-state index contributed by atoms with van der Waals surface area (Å²) in [6, 6.07) is 15.9. The van der Waals surface area contributed by atoms with E-state index in [4.69, 9.17) is 0 Å². The summed E-state index contributed by atoms with van der Waals surface area (Å²) in [4.78, 5) is 17.5. The summed E-state index contributed by atoms with van der Waals surface area (Å²) in [5.41, 5.74) is 0.703. The summed E-state index contributed by atoms with van der Waals surface area (Å²) < 4.78 is 0. The number of amides is 1. The van der Waals surface area contributed by atoms with E-state index in [9.17, 15) is 4.79 Å². The number of hydrogen-bond donors (Lipinski definition) is 1. The molecule has 1 aliphatic carbocycles. The van der Waals surface area contributed by atoms with E-state index in [0.29, 0.717) is 5.82 Å². The van der Waals surface area contributed by atoms with Crippen molar-refractivity contribution in [1.29, 1.82) is 0 Å². The van der Waals surface area contributed by atoms with Gasteiger partial charge < -0.3 is 5.32 Å². The molecule has 1 aromatic carbocycles. The molecule has 0 aliphatic heterocycles. The molecule has 1 saturated carbocycles. The molecule has 1 amide bonds. The van der Waals surface area contributed by atoms with Crippen LogP contribution in [0.3, 0.4) is 0 Å². The molecule has 1 N–H and O–H groups in total. The summed E-state index contributed by atoms with van der Waals surface area (Å²) >= 11 is 0. The molecule has 1 aliphatic rings. The van der Waals surface area contributed by atoms with E-state index in [2.05, 4.69) is 22.4 Å². The third-order valence-electron chi connectivity index (χ3n) is 4.87. The third-order valence-corrected chi connectivity index (χ3v) is 4.87. The Bertz CT molecular complexity index is 617. The molecule has 120 valence electrons. The predicted octanol–water partition coefficient (Wildman–Crippen LogP) is 4.70. The Morgan fingerprint density at radius 2 is 1.52 bits per heavy atom. The number of rotatable bonds is 3. The molecule has 0 atom stereocenters. The van der Waals surface area contributed by atoms with Gasteiger partial charge in [-0.15, -0.1) is 0 Å². The topological polar surface area (TPSA) is 42.0 Å². The van der Waals surface area contributed by atoms with Gasteiger partial charge in [-0.05, 0) is 30.5 Å². The molecule has 2 aromatic rings. The number of carbonyl (C=O) groups is 1. The molecule has 3 nitrogen and oxygen atoms in total. The average Bonchev–Trinajstić information content (AvgIpc) is 2.57. The quantitative estimate of drug-likeness (QED) is 0.892. The second kappa shape index (κ2) is 7.40. The monoisotopic (exact) mass is 308 g/mol. The zero-order chi connectivity index (χ0) is 16.0. The lowest BCUT2D eigenvalue weighted by molar-refractivity contribution is -0.122. The molecule has 3 rings (SSSR count). The maximum absolute atomic E-state index is 13.2. The van der Waals surface area contributed by atoms with Crippen LogP contribution in [0.5, 0.6) is 0 Å². The van der Waals surface area contributed by atoms with Crippen LogP contribution < -0.4 is 5.32 Å². The Morgan fingerprint density at radius 1 is 0.870 bits per heavy atom. The van der Waals surface area contributed by atoms with Crippen molar-refractivity contribution in [2.24, 2.45) is 0 Å². The molecule has 0 radical (unpaired) electrons. The van der Waals surface area contributed by atoms with Gasteiger partial charge in [-0.2, -0.15) is 0 Å². The van der Waals surface area contributed by atoms with Crippen LogP contribution in [-0.2, 0) is 10.2 Å². The maximum Gasteiger partial charge on any atom is 0.236 e. The maximum atomic E-state index is 13.2. The van der Waals surface area contributed by atoms with Crippen LogP contribution in [0.15, 0.2) is 54.7 Å². The van der Waals surface area contributed by atoms with Crippen molar-refractivity contribution in [3.8, 4) is 0 Å². The Balaban J connectivity index is 1.92. The average molecular weight is 308 g/mol. The summed E-state index contributed by atoms with van der Waals surface area (Å²) in [5, 5.41) is 3.05. The van der Waals surface area contributed by atoms with E-state index in [1.54, 1.807) is 6.20 Å². The molecule has 0 unspecified atom stereocenters. The first-order valence-corrected chi connectivity index (χ1v) is 8.59. The second-order valence-electron chi connectivity index (χ2n) is 6.39. The van der Waals surface area contributed by atoms with E-state index in [1.165, 1.54) is 19.3 Å². The van der Waals surface area contributed by atoms with Gasteiger partial charge in [0, 0.05) is 6.20 Å². The molecule has 1 fully saturated rings. The number of benzene rings is 1. The number of pyridine rings is 1. The molecule has 23 heavy (non-hydrogen) atoms. The molecule has 0 saturated heterocycles. The van der Waals surface area contributed by atoms with Crippen LogP contribution in [0.2, 0.25) is 0 Å². The lowest BCUT2D eigenvalue weighted by Crippen LogP contribution is -2.41. The van der Waals surface area contributed by atoms with E-state index in [0.717, 1.165) is 31.2 Å². The van der Waals surface area contributed by atoms with Crippen molar-refractivity contribution in [2.75, 3.05) is 5.32 Å². The number of carbonyl (C=O) groups excluding carboxylic acids is 1. The standard InChI is InChI=1S/C20H24N2O/c23-19(22-18-13-7-10-16-21-18)20(17-11-5-4-6-12-17)14-8-2-1-3-9-15-20/h4-7,10-13,16H,1-3,8-9,14-15H2,(H,21,22,23). The van der Waals surface area contributed by atoms with Crippen LogP contribution in [-0.4, -0.2) is 10.9 Å². The minimum Gasteiger partial charge on any atom is -0.310 e. The van der Waals surface area contributed by atoms with Gasteiger partial charge in [0.2, 0.25) is 5.91 Å². The highest BCUT2D eigenvalue weighted by atomic mass is 16.2. The summed E-state index contributed by atoms with van der Waals surface area (Å²) in [6.45, 7) is 0. The molecular formula is C20H24N2O. The van der Waals surface area contributed by atoms with Crippen molar-refractivity contribution in [2.45, 2.75) is 50.4 Å². The van der Waals surface area contributed by atoms with Gasteiger partial charge in [0.1, 0.15) is 5.82 Å². The van der Waals surface area contributed by atoms with Gasteiger partial charge in [-0.3, -0.25) is 4.79 Å². The van der Waals surface area contributed by atoms with Crippen LogP contribution in [0, 0.1) is 0 Å². The highest BCUT2D eigenvalue weighted by molar-refractivity contribution is 5.98. The Hall–Kier alpha value is -2.16. The van der Waals surface area contributed by atoms with Crippen LogP contribution in [0.25, 0.3) is 0 Å². The van der Waals surface area contributed by atoms with Crippen LogP contribution >= 0.6 is 0 Å². The highest BCUT2D eigenvalue weighted by Gasteiger charge is 2.39. The first-order valence-electron chi connectivity index (χ1n) is 8.59. The normalized spacial score (nSPS) is 17.7. The first-order chi connectivity index (χ1) is 11.3. The number of nitrogens with zero attached hydrogens (tertiary/aromatic N) is 1. The SMILES string of the molecule is O=C(Nc1ccccn1)C1(c2ccccc2)CCCCCCC1. The van der Waals surface area contributed by atoms with Gasteiger partial charge in [-0.1, -0.05) is 68.5 Å². The van der Waals surface area contributed by atoms with Gasteiger partial charge in [0.25, 0.3) is 0 Å². The Morgan fingerprint density at radius 3 is 2.17 bits per heavy atom. The molecular weight excluding hydrogens is 284 g/mol. The van der Waals surface area contributed by atoms with Gasteiger partial charge in [0.15, 0.2) is 0 Å². The number of anilines is 1. The Labute approximate surface area is 138 Å². The molecule has 3 heteroatoms. The van der Waals surface area contributed by atoms with Gasteiger partial charge in [0.05, 0.1) is 5.41 Å². The van der Waals surface area contributed by atoms with E-state index < -0.39 is 5.41 Å². The number of hydrogen-bond acceptors (Lipinski definition) is 2. The van der Waals surface area contributed by atoms with E-state index in [1.807, 2.05) is 36.4 Å². The zero-order valence-electron chi connectivity index (χ0n) is 13.5. The molecule has 0 bridgehead atoms. The second-order valence-corrected chi connectivity index (χ2v) is 6.39. The number of nitrogens with one attached hydrogen (secondary N) is 1. The lowest BCUT2D eigenvalue weighted by atomic mass is 9.70. The minimum atomic E-state index is -0.431. The fourth-order valence-electron chi connectivity index (χ4n) is 3.59. The molecule has 1 aromatic heterocycles. The lowest BCUT2D eigenvalue weighted by Gasteiger charge is -2.34. The van der Waals surface area contributed by atoms with Crippen molar-refractivity contribution < 1.29 is 4.79 Å².